The molecule has 1 aromatic carbocycles. The summed E-state index contributed by atoms with van der Waals surface area (Å²) in [6, 6.07) is 8.20. The molecule has 0 aliphatic heterocycles. The molecular weight excluding hydrogens is 284 g/mol. The summed E-state index contributed by atoms with van der Waals surface area (Å²) in [6.07, 6.45) is 0. The van der Waals surface area contributed by atoms with Crippen LogP contribution in [0.15, 0.2) is 28.7 Å². The number of hydrogen-bond donors (Lipinski definition) is 1. The van der Waals surface area contributed by atoms with Crippen LogP contribution >= 0.6 is 27.3 Å². The lowest BCUT2D eigenvalue weighted by Gasteiger charge is -2.05. The fraction of sp³-hybridized carbons (Fsp3) is 0.250. The van der Waals surface area contributed by atoms with Crippen molar-refractivity contribution in [1.29, 1.82) is 0 Å². The highest BCUT2D eigenvalue weighted by Gasteiger charge is 2.03. The summed E-state index contributed by atoms with van der Waals surface area (Å²) < 4.78 is 1.10. The maximum Gasteiger partial charge on any atom is 0.0900 e. The fourth-order valence-corrected chi connectivity index (χ4v) is 2.63. The standard InChI is InChI=1S/C12H13BrN2S/c1-8-12(16-9(2)15-8)7-14-11-5-3-10(13)4-6-11/h3-6,14H,7H2,1-2H3. The first-order valence-electron chi connectivity index (χ1n) is 5.07. The Morgan fingerprint density at radius 1 is 1.25 bits per heavy atom. The third-order valence-corrected chi connectivity index (χ3v) is 3.90. The van der Waals surface area contributed by atoms with Crippen molar-refractivity contribution in [3.05, 3.63) is 44.3 Å². The zero-order valence-electron chi connectivity index (χ0n) is 9.25. The van der Waals surface area contributed by atoms with Crippen LogP contribution in [-0.4, -0.2) is 4.98 Å². The Kier molecular flexibility index (Phi) is 3.61. The van der Waals surface area contributed by atoms with Gasteiger partial charge in [0.05, 0.1) is 17.2 Å². The van der Waals surface area contributed by atoms with E-state index < -0.39 is 0 Å². The summed E-state index contributed by atoms with van der Waals surface area (Å²) in [7, 11) is 0. The molecule has 1 N–H and O–H groups in total. The lowest BCUT2D eigenvalue weighted by molar-refractivity contribution is 1.11. The van der Waals surface area contributed by atoms with Gasteiger partial charge in [0.1, 0.15) is 0 Å². The number of halogens is 1. The minimum Gasteiger partial charge on any atom is -0.380 e. The smallest absolute Gasteiger partial charge is 0.0900 e. The van der Waals surface area contributed by atoms with E-state index in [9.17, 15) is 0 Å². The van der Waals surface area contributed by atoms with Crippen molar-refractivity contribution in [2.75, 3.05) is 5.32 Å². The van der Waals surface area contributed by atoms with E-state index in [2.05, 4.69) is 45.3 Å². The molecule has 1 heterocycles. The zero-order valence-corrected chi connectivity index (χ0v) is 11.7. The number of aryl methyl sites for hydroxylation is 2. The summed E-state index contributed by atoms with van der Waals surface area (Å²) in [5.74, 6) is 0. The molecule has 0 bridgehead atoms. The maximum atomic E-state index is 4.41. The number of aromatic nitrogens is 1. The molecule has 16 heavy (non-hydrogen) atoms. The Bertz CT molecular complexity index is 476. The molecule has 2 rings (SSSR count). The highest BCUT2D eigenvalue weighted by molar-refractivity contribution is 9.10. The Balaban J connectivity index is 2.02. The van der Waals surface area contributed by atoms with Crippen LogP contribution in [0.4, 0.5) is 5.69 Å². The first kappa shape index (κ1) is 11.6. The normalized spacial score (nSPS) is 10.4. The lowest BCUT2D eigenvalue weighted by atomic mass is 10.3. The second-order valence-electron chi connectivity index (χ2n) is 3.60. The van der Waals surface area contributed by atoms with Crippen LogP contribution in [0.5, 0.6) is 0 Å². The van der Waals surface area contributed by atoms with Gasteiger partial charge in [0.25, 0.3) is 0 Å². The van der Waals surface area contributed by atoms with Crippen molar-refractivity contribution in [2.24, 2.45) is 0 Å². The van der Waals surface area contributed by atoms with Crippen LogP contribution < -0.4 is 5.32 Å². The van der Waals surface area contributed by atoms with Crippen LogP contribution in [0.3, 0.4) is 0 Å². The number of nitrogens with zero attached hydrogens (tertiary/aromatic N) is 1. The molecule has 0 unspecified atom stereocenters. The number of benzene rings is 1. The lowest BCUT2D eigenvalue weighted by Crippen LogP contribution is -1.98. The SMILES string of the molecule is Cc1nc(C)c(CNc2ccc(Br)cc2)s1. The van der Waals surface area contributed by atoms with Gasteiger partial charge in [0.2, 0.25) is 0 Å². The topological polar surface area (TPSA) is 24.9 Å². The van der Waals surface area contributed by atoms with Gasteiger partial charge in [-0.15, -0.1) is 11.3 Å². The first-order chi connectivity index (χ1) is 7.65. The van der Waals surface area contributed by atoms with Crippen LogP contribution in [-0.2, 0) is 6.54 Å². The molecule has 2 aromatic rings. The highest BCUT2D eigenvalue weighted by atomic mass is 79.9. The van der Waals surface area contributed by atoms with Gasteiger partial charge in [0.15, 0.2) is 0 Å². The quantitative estimate of drug-likeness (QED) is 0.921. The molecule has 1 aromatic heterocycles. The summed E-state index contributed by atoms with van der Waals surface area (Å²) in [5, 5.41) is 4.52. The average Bonchev–Trinajstić information content (AvgIpc) is 2.57. The molecule has 0 fully saturated rings. The third-order valence-electron chi connectivity index (χ3n) is 2.30. The number of hydrogen-bond acceptors (Lipinski definition) is 3. The molecule has 0 spiro atoms. The van der Waals surface area contributed by atoms with Crippen molar-refractivity contribution in [3.63, 3.8) is 0 Å². The molecule has 2 nitrogen and oxygen atoms in total. The van der Waals surface area contributed by atoms with Crippen molar-refractivity contribution in [2.45, 2.75) is 20.4 Å². The summed E-state index contributed by atoms with van der Waals surface area (Å²) in [4.78, 5) is 5.71. The predicted octanol–water partition coefficient (Wildman–Crippen LogP) is 4.13. The molecule has 0 aliphatic carbocycles. The van der Waals surface area contributed by atoms with Crippen molar-refractivity contribution < 1.29 is 0 Å². The van der Waals surface area contributed by atoms with Gasteiger partial charge in [-0.2, -0.15) is 0 Å². The molecule has 0 aliphatic rings. The molecule has 0 saturated carbocycles. The van der Waals surface area contributed by atoms with Crippen molar-refractivity contribution >= 4 is 33.0 Å². The maximum absolute atomic E-state index is 4.41. The van der Waals surface area contributed by atoms with Gasteiger partial charge in [0, 0.05) is 15.0 Å². The monoisotopic (exact) mass is 296 g/mol. The van der Waals surface area contributed by atoms with Crippen molar-refractivity contribution in [3.8, 4) is 0 Å². The predicted molar refractivity (Wildman–Crippen MR) is 73.1 cm³/mol. The number of rotatable bonds is 3. The van der Waals surface area contributed by atoms with Gasteiger partial charge in [-0.05, 0) is 38.1 Å². The molecule has 0 atom stereocenters. The Morgan fingerprint density at radius 2 is 1.94 bits per heavy atom. The molecule has 0 saturated heterocycles. The van der Waals surface area contributed by atoms with E-state index >= 15 is 0 Å². The fourth-order valence-electron chi connectivity index (χ4n) is 1.49. The highest BCUT2D eigenvalue weighted by Crippen LogP contribution is 2.19. The summed E-state index contributed by atoms with van der Waals surface area (Å²) in [6.45, 7) is 4.95. The molecular formula is C12H13BrN2S. The Hall–Kier alpha value is -0.870. The second-order valence-corrected chi connectivity index (χ2v) is 5.81. The van der Waals surface area contributed by atoms with E-state index in [0.29, 0.717) is 0 Å². The van der Waals surface area contributed by atoms with Crippen LogP contribution in [0, 0.1) is 13.8 Å². The van der Waals surface area contributed by atoms with E-state index in [0.717, 1.165) is 27.4 Å². The van der Waals surface area contributed by atoms with Crippen LogP contribution in [0.1, 0.15) is 15.6 Å². The molecule has 4 heteroatoms. The van der Waals surface area contributed by atoms with E-state index in [-0.39, 0.29) is 0 Å². The van der Waals surface area contributed by atoms with Gasteiger partial charge in [-0.3, -0.25) is 0 Å². The second kappa shape index (κ2) is 4.97. The minimum atomic E-state index is 0.846. The van der Waals surface area contributed by atoms with Gasteiger partial charge < -0.3 is 5.32 Å². The third kappa shape index (κ3) is 2.83. The Morgan fingerprint density at radius 3 is 2.50 bits per heavy atom. The zero-order chi connectivity index (χ0) is 11.5. The van der Waals surface area contributed by atoms with E-state index in [1.54, 1.807) is 11.3 Å². The Labute approximate surface area is 108 Å². The molecule has 0 amide bonds. The van der Waals surface area contributed by atoms with Gasteiger partial charge >= 0.3 is 0 Å². The largest absolute Gasteiger partial charge is 0.380 e. The van der Waals surface area contributed by atoms with E-state index in [1.165, 1.54) is 4.88 Å². The van der Waals surface area contributed by atoms with E-state index in [1.807, 2.05) is 19.1 Å². The van der Waals surface area contributed by atoms with Crippen LogP contribution in [0.2, 0.25) is 0 Å². The van der Waals surface area contributed by atoms with Gasteiger partial charge in [-0.25, -0.2) is 4.98 Å². The molecule has 0 radical (unpaired) electrons. The van der Waals surface area contributed by atoms with E-state index in [4.69, 9.17) is 0 Å². The minimum absolute atomic E-state index is 0.846. The summed E-state index contributed by atoms with van der Waals surface area (Å²) >= 11 is 5.17. The average molecular weight is 297 g/mol. The number of anilines is 1. The van der Waals surface area contributed by atoms with Crippen LogP contribution in [0.25, 0.3) is 0 Å². The van der Waals surface area contributed by atoms with Crippen molar-refractivity contribution in [1.82, 2.24) is 4.98 Å². The summed E-state index contributed by atoms with van der Waals surface area (Å²) in [5.41, 5.74) is 2.26. The first-order valence-corrected chi connectivity index (χ1v) is 6.68. The van der Waals surface area contributed by atoms with Gasteiger partial charge in [-0.1, -0.05) is 15.9 Å². The number of thiazole rings is 1. The number of nitrogens with one attached hydrogen (secondary N) is 1. The molecule has 84 valence electrons.